The van der Waals surface area contributed by atoms with E-state index in [9.17, 15) is 0 Å². The minimum absolute atomic E-state index is 0.219. The molecule has 3 heteroatoms. The molecule has 0 radical (unpaired) electrons. The fourth-order valence-electron chi connectivity index (χ4n) is 0.984. The van der Waals surface area contributed by atoms with Gasteiger partial charge in [0.15, 0.2) is 0 Å². The molecule has 0 aliphatic carbocycles. The molecule has 0 aromatic carbocycles. The Morgan fingerprint density at radius 1 is 1.27 bits per heavy atom. The van der Waals surface area contributed by atoms with Gasteiger partial charge >= 0.3 is 0 Å². The van der Waals surface area contributed by atoms with Crippen molar-refractivity contribution in [3.05, 3.63) is 0 Å². The van der Waals surface area contributed by atoms with Gasteiger partial charge in [0.05, 0.1) is 6.17 Å². The molecule has 68 valence electrons. The summed E-state index contributed by atoms with van der Waals surface area (Å²) in [6.45, 7) is 5.08. The lowest BCUT2D eigenvalue weighted by Gasteiger charge is -2.27. The van der Waals surface area contributed by atoms with Gasteiger partial charge in [0.25, 0.3) is 0 Å². The van der Waals surface area contributed by atoms with Gasteiger partial charge in [0, 0.05) is 0 Å². The van der Waals surface area contributed by atoms with Gasteiger partial charge < -0.3 is 16.4 Å². The molecule has 0 saturated heterocycles. The Bertz CT molecular complexity index is 97.5. The molecule has 0 bridgehead atoms. The van der Waals surface area contributed by atoms with Gasteiger partial charge in [0.1, 0.15) is 0 Å². The maximum atomic E-state index is 5.61. The maximum absolute atomic E-state index is 5.61. The average molecular weight is 159 g/mol. The van der Waals surface area contributed by atoms with E-state index in [2.05, 4.69) is 24.5 Å². The van der Waals surface area contributed by atoms with Crippen LogP contribution in [0.3, 0.4) is 0 Å². The monoisotopic (exact) mass is 159 g/mol. The Kier molecular flexibility index (Phi) is 4.65. The van der Waals surface area contributed by atoms with E-state index < -0.39 is 0 Å². The van der Waals surface area contributed by atoms with E-state index in [-0.39, 0.29) is 5.41 Å². The highest BCUT2D eigenvalue weighted by Gasteiger charge is 2.19. The van der Waals surface area contributed by atoms with Crippen molar-refractivity contribution in [1.82, 2.24) is 10.6 Å². The van der Waals surface area contributed by atoms with Gasteiger partial charge in [-0.05, 0) is 32.5 Å². The van der Waals surface area contributed by atoms with E-state index in [0.29, 0.717) is 6.17 Å². The van der Waals surface area contributed by atoms with Crippen LogP contribution in [0.2, 0.25) is 0 Å². The van der Waals surface area contributed by atoms with Crippen molar-refractivity contribution in [2.24, 2.45) is 11.1 Å². The Morgan fingerprint density at radius 3 is 2.00 bits per heavy atom. The van der Waals surface area contributed by atoms with E-state index in [4.69, 9.17) is 5.73 Å². The third-order valence-electron chi connectivity index (χ3n) is 2.01. The lowest BCUT2D eigenvalue weighted by Crippen LogP contribution is -2.43. The Balaban J connectivity index is 3.79. The van der Waals surface area contributed by atoms with E-state index in [1.165, 1.54) is 0 Å². The van der Waals surface area contributed by atoms with Crippen LogP contribution < -0.4 is 16.4 Å². The molecule has 0 aliphatic heterocycles. The first-order chi connectivity index (χ1) is 5.05. The molecule has 0 amide bonds. The quantitative estimate of drug-likeness (QED) is 0.500. The van der Waals surface area contributed by atoms with Crippen LogP contribution in [0.25, 0.3) is 0 Å². The molecule has 4 N–H and O–H groups in total. The Hall–Kier alpha value is -0.120. The minimum Gasteiger partial charge on any atom is -0.330 e. The molecule has 0 heterocycles. The van der Waals surface area contributed by atoms with Crippen LogP contribution in [0.1, 0.15) is 20.3 Å². The summed E-state index contributed by atoms with van der Waals surface area (Å²) >= 11 is 0. The van der Waals surface area contributed by atoms with Crippen molar-refractivity contribution < 1.29 is 0 Å². The van der Waals surface area contributed by atoms with Gasteiger partial charge in [0.2, 0.25) is 0 Å². The summed E-state index contributed by atoms with van der Waals surface area (Å²) in [4.78, 5) is 0. The summed E-state index contributed by atoms with van der Waals surface area (Å²) < 4.78 is 0. The van der Waals surface area contributed by atoms with E-state index in [0.717, 1.165) is 13.0 Å². The second-order valence-electron chi connectivity index (χ2n) is 3.70. The summed E-state index contributed by atoms with van der Waals surface area (Å²) in [6.07, 6.45) is 1.42. The van der Waals surface area contributed by atoms with Crippen molar-refractivity contribution in [3.8, 4) is 0 Å². The van der Waals surface area contributed by atoms with Crippen molar-refractivity contribution in [1.29, 1.82) is 0 Å². The van der Waals surface area contributed by atoms with Crippen molar-refractivity contribution in [2.45, 2.75) is 26.4 Å². The maximum Gasteiger partial charge on any atom is 0.0572 e. The third-order valence-corrected chi connectivity index (χ3v) is 2.01. The largest absolute Gasteiger partial charge is 0.330 e. The average Bonchev–Trinajstić information content (AvgIpc) is 2.00. The summed E-state index contributed by atoms with van der Waals surface area (Å²) in [7, 11) is 3.90. The first kappa shape index (κ1) is 10.9. The zero-order valence-corrected chi connectivity index (χ0v) is 8.07. The van der Waals surface area contributed by atoms with Crippen molar-refractivity contribution >= 4 is 0 Å². The number of rotatable bonds is 5. The molecule has 11 heavy (non-hydrogen) atoms. The molecule has 0 atom stereocenters. The van der Waals surface area contributed by atoms with Crippen molar-refractivity contribution in [3.63, 3.8) is 0 Å². The normalized spacial score (nSPS) is 12.5. The van der Waals surface area contributed by atoms with Crippen LogP contribution in [0.15, 0.2) is 0 Å². The van der Waals surface area contributed by atoms with Gasteiger partial charge in [-0.2, -0.15) is 0 Å². The number of hydrogen-bond acceptors (Lipinski definition) is 3. The number of nitrogens with one attached hydrogen (secondary N) is 2. The fraction of sp³-hybridized carbons (Fsp3) is 1.00. The van der Waals surface area contributed by atoms with E-state index >= 15 is 0 Å². The predicted octanol–water partition coefficient (Wildman–Crippen LogP) is 0.126. The van der Waals surface area contributed by atoms with Crippen LogP contribution in [0.5, 0.6) is 0 Å². The smallest absolute Gasteiger partial charge is 0.0572 e. The molecule has 0 aromatic rings. The topological polar surface area (TPSA) is 50.1 Å². The number of nitrogens with two attached hydrogens (primary N) is 1. The molecule has 0 fully saturated rings. The highest BCUT2D eigenvalue weighted by atomic mass is 15.1. The summed E-state index contributed by atoms with van der Waals surface area (Å²) in [5, 5.41) is 6.35. The van der Waals surface area contributed by atoms with Crippen LogP contribution in [-0.2, 0) is 0 Å². The molecule has 0 saturated carbocycles. The zero-order valence-electron chi connectivity index (χ0n) is 8.07. The van der Waals surface area contributed by atoms with Gasteiger partial charge in [-0.1, -0.05) is 13.8 Å². The summed E-state index contributed by atoms with van der Waals surface area (Å²) in [6, 6.07) is 0. The number of hydrogen-bond donors (Lipinski definition) is 3. The van der Waals surface area contributed by atoms with E-state index in [1.54, 1.807) is 0 Å². The SMILES string of the molecule is CNC(CC(C)(C)CN)NC. The lowest BCUT2D eigenvalue weighted by molar-refractivity contribution is 0.278. The Labute approximate surface area is 69.7 Å². The Morgan fingerprint density at radius 2 is 1.73 bits per heavy atom. The standard InChI is InChI=1S/C8H21N3/c1-8(2,6-9)5-7(10-3)11-4/h7,10-11H,5-6,9H2,1-4H3. The highest BCUT2D eigenvalue weighted by Crippen LogP contribution is 2.18. The van der Waals surface area contributed by atoms with Gasteiger partial charge in [-0.15, -0.1) is 0 Å². The minimum atomic E-state index is 0.219. The molecular weight excluding hydrogens is 138 g/mol. The molecule has 0 aromatic heterocycles. The molecule has 3 nitrogen and oxygen atoms in total. The highest BCUT2D eigenvalue weighted by molar-refractivity contribution is 4.75. The van der Waals surface area contributed by atoms with Gasteiger partial charge in [-0.3, -0.25) is 0 Å². The molecule has 0 rings (SSSR count). The molecular formula is C8H21N3. The fourth-order valence-corrected chi connectivity index (χ4v) is 0.984. The zero-order chi connectivity index (χ0) is 8.91. The molecule has 0 aliphatic rings. The molecule has 0 spiro atoms. The van der Waals surface area contributed by atoms with Crippen LogP contribution >= 0.6 is 0 Å². The summed E-state index contributed by atoms with van der Waals surface area (Å²) in [5.74, 6) is 0. The van der Waals surface area contributed by atoms with Crippen LogP contribution in [0.4, 0.5) is 0 Å². The van der Waals surface area contributed by atoms with Gasteiger partial charge in [-0.25, -0.2) is 0 Å². The second kappa shape index (κ2) is 4.70. The van der Waals surface area contributed by atoms with Crippen molar-refractivity contribution in [2.75, 3.05) is 20.6 Å². The first-order valence-electron chi connectivity index (χ1n) is 4.10. The third kappa shape index (κ3) is 4.35. The lowest BCUT2D eigenvalue weighted by atomic mass is 9.88. The van der Waals surface area contributed by atoms with Crippen LogP contribution in [-0.4, -0.2) is 26.8 Å². The van der Waals surface area contributed by atoms with E-state index in [1.807, 2.05) is 14.1 Å². The second-order valence-corrected chi connectivity index (χ2v) is 3.70. The predicted molar refractivity (Wildman–Crippen MR) is 49.4 cm³/mol. The molecule has 0 unspecified atom stereocenters. The first-order valence-corrected chi connectivity index (χ1v) is 4.10. The summed E-state index contributed by atoms with van der Waals surface area (Å²) in [5.41, 5.74) is 5.83. The van der Waals surface area contributed by atoms with Crippen LogP contribution in [0, 0.1) is 5.41 Å².